The van der Waals surface area contributed by atoms with Gasteiger partial charge in [-0.3, -0.25) is 9.69 Å². The molecule has 0 saturated heterocycles. The largest absolute Gasteiger partial charge is 0.536 e. The van der Waals surface area contributed by atoms with E-state index in [-0.39, 0.29) is 12.2 Å². The summed E-state index contributed by atoms with van der Waals surface area (Å²) in [5.41, 5.74) is 5.86. The summed E-state index contributed by atoms with van der Waals surface area (Å²) < 4.78 is 29.8. The summed E-state index contributed by atoms with van der Waals surface area (Å²) in [5, 5.41) is 8.65. The first-order valence-corrected chi connectivity index (χ1v) is 8.38. The Morgan fingerprint density at radius 1 is 1.19 bits per heavy atom. The van der Waals surface area contributed by atoms with E-state index in [4.69, 9.17) is 25.5 Å². The van der Waals surface area contributed by atoms with Crippen LogP contribution in [0.3, 0.4) is 0 Å². The van der Waals surface area contributed by atoms with Crippen LogP contribution in [0.2, 0.25) is 0 Å². The fourth-order valence-corrected chi connectivity index (χ4v) is 2.91. The lowest BCUT2D eigenvalue weighted by molar-refractivity contribution is -0.138. The Kier molecular flexibility index (Phi) is 5.66. The summed E-state index contributed by atoms with van der Waals surface area (Å²) in [6, 6.07) is 4.08. The molecule has 1 unspecified atom stereocenters. The van der Waals surface area contributed by atoms with E-state index in [1.165, 1.54) is 24.3 Å². The molecule has 0 spiro atoms. The smallest absolute Gasteiger partial charge is 0.480 e. The highest BCUT2D eigenvalue weighted by Crippen LogP contribution is 2.57. The average Bonchev–Trinajstić information content (AvgIpc) is 2.27. The van der Waals surface area contributed by atoms with E-state index in [1.807, 2.05) is 0 Å². The Labute approximate surface area is 119 Å². The summed E-state index contributed by atoms with van der Waals surface area (Å²) in [6.45, 7) is 0. The van der Waals surface area contributed by atoms with E-state index in [9.17, 15) is 13.9 Å². The minimum Gasteiger partial charge on any atom is -0.480 e. The van der Waals surface area contributed by atoms with Crippen LogP contribution in [-0.4, -0.2) is 31.8 Å². The normalized spacial score (nSPS) is 16.0. The van der Waals surface area contributed by atoms with Crippen molar-refractivity contribution in [3.63, 3.8) is 0 Å². The molecule has 0 saturated carbocycles. The molecule has 1 aromatic rings. The topological polar surface area (TPSA) is 177 Å². The number of hydrogen-bond donors (Lipinski definition) is 5. The van der Waals surface area contributed by atoms with Gasteiger partial charge in [0.2, 0.25) is 0 Å². The highest BCUT2D eigenvalue weighted by molar-refractivity contribution is 7.60. The molecule has 0 bridgehead atoms. The zero-order valence-electron chi connectivity index (χ0n) is 10.4. The van der Waals surface area contributed by atoms with E-state index in [0.29, 0.717) is 5.56 Å². The fourth-order valence-electron chi connectivity index (χ4n) is 1.31. The average molecular weight is 341 g/mol. The fraction of sp³-hybridized carbons (Fsp3) is 0.222. The van der Waals surface area contributed by atoms with Gasteiger partial charge < -0.3 is 25.2 Å². The first-order chi connectivity index (χ1) is 9.48. The van der Waals surface area contributed by atoms with Crippen LogP contribution in [0.25, 0.3) is 0 Å². The lowest BCUT2D eigenvalue weighted by Gasteiger charge is -2.13. The Morgan fingerprint density at radius 2 is 1.71 bits per heavy atom. The number of benzene rings is 1. The van der Waals surface area contributed by atoms with Crippen LogP contribution >= 0.6 is 15.6 Å². The maximum Gasteiger partial charge on any atom is 0.536 e. The number of carbonyl (C=O) groups is 1. The number of carboxylic acids is 1. The lowest BCUT2D eigenvalue weighted by Crippen LogP contribution is -2.32. The zero-order valence-corrected chi connectivity index (χ0v) is 12.2. The molecule has 0 heterocycles. The number of phosphoric ester groups is 1. The van der Waals surface area contributed by atoms with Crippen LogP contribution in [0.4, 0.5) is 0 Å². The monoisotopic (exact) mass is 341 g/mol. The molecular weight excluding hydrogens is 328 g/mol. The number of phosphoric acid groups is 2. The van der Waals surface area contributed by atoms with Crippen molar-refractivity contribution >= 4 is 21.6 Å². The third kappa shape index (κ3) is 6.83. The Hall–Kier alpha value is -1.25. The van der Waals surface area contributed by atoms with Gasteiger partial charge in [0.25, 0.3) is 0 Å². The Bertz CT molecular complexity index is 596. The van der Waals surface area contributed by atoms with Crippen LogP contribution in [-0.2, 0) is 24.7 Å². The molecule has 1 aromatic carbocycles. The van der Waals surface area contributed by atoms with E-state index in [1.54, 1.807) is 0 Å². The molecule has 0 aliphatic heterocycles. The van der Waals surface area contributed by atoms with Crippen LogP contribution < -0.4 is 10.3 Å². The lowest BCUT2D eigenvalue weighted by atomic mass is 10.1. The van der Waals surface area contributed by atoms with Crippen molar-refractivity contribution in [3.05, 3.63) is 29.8 Å². The minimum absolute atomic E-state index is 0.0331. The summed E-state index contributed by atoms with van der Waals surface area (Å²) in [4.78, 5) is 36.6. The molecule has 1 rings (SSSR count). The van der Waals surface area contributed by atoms with Gasteiger partial charge in [0.05, 0.1) is 0 Å². The van der Waals surface area contributed by atoms with Crippen LogP contribution in [0.1, 0.15) is 5.56 Å². The van der Waals surface area contributed by atoms with Crippen molar-refractivity contribution in [2.45, 2.75) is 12.5 Å². The second-order valence-corrected chi connectivity index (χ2v) is 6.68. The first kappa shape index (κ1) is 17.8. The van der Waals surface area contributed by atoms with Crippen LogP contribution in [0, 0.1) is 0 Å². The first-order valence-electron chi connectivity index (χ1n) is 5.35. The van der Waals surface area contributed by atoms with Gasteiger partial charge in [-0.05, 0) is 24.1 Å². The zero-order chi connectivity index (χ0) is 16.3. The van der Waals surface area contributed by atoms with Crippen molar-refractivity contribution < 1.29 is 42.5 Å². The summed E-state index contributed by atoms with van der Waals surface area (Å²) in [5.74, 6) is -1.37. The molecular formula is C9H13NO9P2. The highest BCUT2D eigenvalue weighted by Gasteiger charge is 2.33. The summed E-state index contributed by atoms with van der Waals surface area (Å²) in [7, 11) is -10.2. The molecule has 0 aliphatic carbocycles. The second-order valence-electron chi connectivity index (χ2n) is 3.92. The second kappa shape index (κ2) is 6.67. The van der Waals surface area contributed by atoms with Gasteiger partial charge in [-0.2, -0.15) is 4.31 Å². The Morgan fingerprint density at radius 3 is 2.14 bits per heavy atom. The SMILES string of the molecule is N[C@@H](Cc1ccc(OP(=O)(O)OP(=O)(O)O)cc1)C(=O)O. The molecule has 0 fully saturated rings. The maximum absolute atomic E-state index is 11.3. The van der Waals surface area contributed by atoms with Crippen molar-refractivity contribution in [3.8, 4) is 5.75 Å². The van der Waals surface area contributed by atoms with Crippen LogP contribution in [0.5, 0.6) is 5.75 Å². The number of aliphatic carboxylic acids is 1. The Balaban J connectivity index is 2.73. The predicted octanol–water partition coefficient (Wildman–Crippen LogP) is 0.229. The van der Waals surface area contributed by atoms with E-state index in [2.05, 4.69) is 8.83 Å². The number of nitrogens with two attached hydrogens (primary N) is 1. The van der Waals surface area contributed by atoms with E-state index in [0.717, 1.165) is 0 Å². The maximum atomic E-state index is 11.3. The van der Waals surface area contributed by atoms with Gasteiger partial charge in [0.15, 0.2) is 0 Å². The van der Waals surface area contributed by atoms with Crippen LogP contribution in [0.15, 0.2) is 24.3 Å². The van der Waals surface area contributed by atoms with Crippen molar-refractivity contribution in [2.24, 2.45) is 5.73 Å². The molecule has 0 amide bonds. The van der Waals surface area contributed by atoms with Gasteiger partial charge in [-0.15, -0.1) is 0 Å². The van der Waals surface area contributed by atoms with Gasteiger partial charge >= 0.3 is 21.6 Å². The van der Waals surface area contributed by atoms with E-state index < -0.39 is 27.7 Å². The third-order valence-electron chi connectivity index (χ3n) is 2.13. The van der Waals surface area contributed by atoms with Crippen molar-refractivity contribution in [1.29, 1.82) is 0 Å². The molecule has 0 aliphatic rings. The standard InChI is InChI=1S/C9H13NO9P2/c10-8(9(11)12)5-6-1-3-7(4-2-6)18-21(16,17)19-20(13,14)15/h1-4,8H,5,10H2,(H,11,12)(H,16,17)(H2,13,14,15)/t8-/m0/s1. The third-order valence-corrected chi connectivity index (χ3v) is 4.24. The molecule has 21 heavy (non-hydrogen) atoms. The number of rotatable bonds is 7. The number of hydrogen-bond acceptors (Lipinski definition) is 6. The van der Waals surface area contributed by atoms with Gasteiger partial charge in [0, 0.05) is 0 Å². The summed E-state index contributed by atoms with van der Waals surface area (Å²) in [6.07, 6.45) is 0.0331. The van der Waals surface area contributed by atoms with Gasteiger partial charge in [0.1, 0.15) is 11.8 Å². The van der Waals surface area contributed by atoms with Gasteiger partial charge in [-0.25, -0.2) is 9.13 Å². The quantitative estimate of drug-likeness (QED) is 0.431. The highest BCUT2D eigenvalue weighted by atomic mass is 31.3. The van der Waals surface area contributed by atoms with Crippen molar-refractivity contribution in [1.82, 2.24) is 0 Å². The van der Waals surface area contributed by atoms with E-state index >= 15 is 0 Å². The molecule has 0 aromatic heterocycles. The van der Waals surface area contributed by atoms with Gasteiger partial charge in [-0.1, -0.05) is 12.1 Å². The molecule has 2 atom stereocenters. The van der Waals surface area contributed by atoms with Crippen molar-refractivity contribution in [2.75, 3.05) is 0 Å². The summed E-state index contributed by atoms with van der Waals surface area (Å²) >= 11 is 0. The number of carboxylic acid groups (broad SMARTS) is 1. The minimum atomic E-state index is -5.18. The predicted molar refractivity (Wildman–Crippen MR) is 69.3 cm³/mol. The molecule has 6 N–H and O–H groups in total. The molecule has 12 heteroatoms. The molecule has 118 valence electrons. The molecule has 10 nitrogen and oxygen atoms in total. The molecule has 0 radical (unpaired) electrons.